The van der Waals surface area contributed by atoms with Gasteiger partial charge >= 0.3 is 0 Å². The Kier molecular flexibility index (Phi) is 5.37. The monoisotopic (exact) mass is 399 g/mol. The summed E-state index contributed by atoms with van der Waals surface area (Å²) in [6, 6.07) is 17.5. The number of piperazine rings is 1. The zero-order valence-electron chi connectivity index (χ0n) is 15.8. The van der Waals surface area contributed by atoms with Crippen LogP contribution in [-0.2, 0) is 9.84 Å². The summed E-state index contributed by atoms with van der Waals surface area (Å²) < 4.78 is 23.5. The molecule has 0 spiro atoms. The summed E-state index contributed by atoms with van der Waals surface area (Å²) >= 11 is 0. The molecule has 2 aliphatic heterocycles. The lowest BCUT2D eigenvalue weighted by Crippen LogP contribution is -2.52. The number of nitrogens with zero attached hydrogens (tertiary/aromatic N) is 2. The average molecular weight is 400 g/mol. The van der Waals surface area contributed by atoms with E-state index >= 15 is 0 Å². The van der Waals surface area contributed by atoms with Crippen molar-refractivity contribution in [1.29, 1.82) is 0 Å². The van der Waals surface area contributed by atoms with Crippen molar-refractivity contribution >= 4 is 27.1 Å². The van der Waals surface area contributed by atoms with Gasteiger partial charge in [-0.05, 0) is 30.7 Å². The molecule has 2 heterocycles. The van der Waals surface area contributed by atoms with Gasteiger partial charge in [-0.2, -0.15) is 0 Å². The molecule has 2 aromatic rings. The van der Waals surface area contributed by atoms with Crippen LogP contribution in [0.2, 0.25) is 0 Å². The highest BCUT2D eigenvalue weighted by Crippen LogP contribution is 2.24. The van der Waals surface area contributed by atoms with E-state index in [-0.39, 0.29) is 23.5 Å². The fraction of sp³-hybridized carbons (Fsp3) is 0.381. The topological polar surface area (TPSA) is 69.7 Å². The molecule has 2 saturated heterocycles. The van der Waals surface area contributed by atoms with Gasteiger partial charge in [-0.1, -0.05) is 30.3 Å². The second kappa shape index (κ2) is 7.93. The Balaban J connectivity index is 1.42. The van der Waals surface area contributed by atoms with Crippen molar-refractivity contribution in [2.75, 3.05) is 43.0 Å². The predicted octanol–water partition coefficient (Wildman–Crippen LogP) is 2.38. The van der Waals surface area contributed by atoms with Crippen LogP contribution < -0.4 is 5.32 Å². The highest BCUT2D eigenvalue weighted by atomic mass is 32.2. The number of rotatable bonds is 4. The van der Waals surface area contributed by atoms with E-state index in [1.54, 1.807) is 0 Å². The van der Waals surface area contributed by atoms with Gasteiger partial charge in [-0.15, -0.1) is 0 Å². The molecule has 2 fully saturated rings. The van der Waals surface area contributed by atoms with Crippen molar-refractivity contribution in [3.63, 3.8) is 0 Å². The van der Waals surface area contributed by atoms with E-state index in [4.69, 9.17) is 0 Å². The lowest BCUT2D eigenvalue weighted by Gasteiger charge is -2.37. The quantitative estimate of drug-likeness (QED) is 0.855. The third-order valence-electron chi connectivity index (χ3n) is 5.54. The van der Waals surface area contributed by atoms with E-state index < -0.39 is 9.84 Å². The normalized spacial score (nSPS) is 22.1. The highest BCUT2D eigenvalue weighted by molar-refractivity contribution is 7.91. The Hall–Kier alpha value is -2.38. The second-order valence-corrected chi connectivity index (χ2v) is 9.65. The average Bonchev–Trinajstić information content (AvgIpc) is 3.09. The number of benzene rings is 2. The molecule has 0 saturated carbocycles. The number of carbonyl (C=O) groups excluding carboxylic acids is 1. The molecule has 0 aliphatic carbocycles. The maximum Gasteiger partial charge on any atom is 0.256 e. The van der Waals surface area contributed by atoms with Crippen LogP contribution in [0.4, 0.5) is 11.4 Å². The van der Waals surface area contributed by atoms with E-state index in [1.165, 1.54) is 0 Å². The first kappa shape index (κ1) is 19.0. The molecular formula is C21H25N3O3S. The SMILES string of the molecule is O=C(c1ccccc1Nc1ccccc1)N1CCN([C@H]2CCS(=O)(=O)C2)CC1. The van der Waals surface area contributed by atoms with Gasteiger partial charge in [0.05, 0.1) is 22.8 Å². The number of sulfone groups is 1. The van der Waals surface area contributed by atoms with Crippen LogP contribution in [0.3, 0.4) is 0 Å². The van der Waals surface area contributed by atoms with Gasteiger partial charge in [-0.25, -0.2) is 8.42 Å². The Morgan fingerprint density at radius 2 is 1.61 bits per heavy atom. The van der Waals surface area contributed by atoms with Gasteiger partial charge in [-0.3, -0.25) is 9.69 Å². The number of carbonyl (C=O) groups is 1. The number of hydrogen-bond donors (Lipinski definition) is 1. The van der Waals surface area contributed by atoms with E-state index in [1.807, 2.05) is 59.5 Å². The number of amides is 1. The molecule has 28 heavy (non-hydrogen) atoms. The minimum absolute atomic E-state index is 0.0118. The van der Waals surface area contributed by atoms with Crippen molar-refractivity contribution in [3.05, 3.63) is 60.2 Å². The van der Waals surface area contributed by atoms with Crippen LogP contribution in [0.25, 0.3) is 0 Å². The minimum atomic E-state index is -2.88. The number of nitrogens with one attached hydrogen (secondary N) is 1. The largest absolute Gasteiger partial charge is 0.355 e. The molecule has 1 atom stereocenters. The lowest BCUT2D eigenvalue weighted by molar-refractivity contribution is 0.0589. The molecule has 0 bridgehead atoms. The van der Waals surface area contributed by atoms with Crippen molar-refractivity contribution < 1.29 is 13.2 Å². The summed E-state index contributed by atoms with van der Waals surface area (Å²) in [5.74, 6) is 0.554. The first-order valence-corrected chi connectivity index (χ1v) is 11.5. The third-order valence-corrected chi connectivity index (χ3v) is 7.29. The Morgan fingerprint density at radius 1 is 0.929 bits per heavy atom. The van der Waals surface area contributed by atoms with Gasteiger partial charge in [0.1, 0.15) is 0 Å². The molecule has 0 unspecified atom stereocenters. The zero-order valence-corrected chi connectivity index (χ0v) is 16.6. The van der Waals surface area contributed by atoms with Crippen molar-refractivity contribution in [3.8, 4) is 0 Å². The summed E-state index contributed by atoms with van der Waals surface area (Å²) in [6.45, 7) is 2.69. The van der Waals surface area contributed by atoms with Crippen LogP contribution >= 0.6 is 0 Å². The predicted molar refractivity (Wildman–Crippen MR) is 111 cm³/mol. The lowest BCUT2D eigenvalue weighted by atomic mass is 10.1. The van der Waals surface area contributed by atoms with E-state index in [0.29, 0.717) is 25.1 Å². The van der Waals surface area contributed by atoms with Crippen molar-refractivity contribution in [1.82, 2.24) is 9.80 Å². The number of para-hydroxylation sites is 2. The Bertz CT molecular complexity index is 938. The third kappa shape index (κ3) is 4.20. The fourth-order valence-corrected chi connectivity index (χ4v) is 5.74. The molecule has 1 amide bonds. The number of anilines is 2. The summed E-state index contributed by atoms with van der Waals surface area (Å²) in [6.07, 6.45) is 0.708. The standard InChI is InChI=1S/C21H25N3O3S/c25-21(19-8-4-5-9-20(19)22-17-6-2-1-3-7-17)24-13-11-23(12-14-24)18-10-15-28(26,27)16-18/h1-9,18,22H,10-16H2/t18-/m0/s1. The van der Waals surface area contributed by atoms with Crippen molar-refractivity contribution in [2.24, 2.45) is 0 Å². The molecule has 2 aromatic carbocycles. The smallest absolute Gasteiger partial charge is 0.256 e. The second-order valence-electron chi connectivity index (χ2n) is 7.42. The minimum Gasteiger partial charge on any atom is -0.355 e. The summed E-state index contributed by atoms with van der Waals surface area (Å²) in [7, 11) is -2.88. The van der Waals surface area contributed by atoms with E-state index in [2.05, 4.69) is 10.2 Å². The molecule has 2 aliphatic rings. The van der Waals surface area contributed by atoms with Crippen LogP contribution in [0.5, 0.6) is 0 Å². The Morgan fingerprint density at radius 3 is 2.29 bits per heavy atom. The van der Waals surface area contributed by atoms with E-state index in [9.17, 15) is 13.2 Å². The molecular weight excluding hydrogens is 374 g/mol. The number of hydrogen-bond acceptors (Lipinski definition) is 5. The summed E-state index contributed by atoms with van der Waals surface area (Å²) in [5.41, 5.74) is 2.39. The molecule has 1 N–H and O–H groups in total. The van der Waals surface area contributed by atoms with E-state index in [0.717, 1.165) is 24.5 Å². The molecule has 0 radical (unpaired) electrons. The van der Waals surface area contributed by atoms with Crippen LogP contribution in [0, 0.1) is 0 Å². The van der Waals surface area contributed by atoms with Crippen LogP contribution in [0.1, 0.15) is 16.8 Å². The van der Waals surface area contributed by atoms with Gasteiger partial charge < -0.3 is 10.2 Å². The maximum absolute atomic E-state index is 13.1. The summed E-state index contributed by atoms with van der Waals surface area (Å²) in [4.78, 5) is 17.2. The van der Waals surface area contributed by atoms with Gasteiger partial charge in [0, 0.05) is 37.9 Å². The maximum atomic E-state index is 13.1. The molecule has 6 nitrogen and oxygen atoms in total. The first-order valence-electron chi connectivity index (χ1n) is 9.67. The molecule has 0 aromatic heterocycles. The highest BCUT2D eigenvalue weighted by Gasteiger charge is 2.34. The molecule has 148 valence electrons. The van der Waals surface area contributed by atoms with Crippen LogP contribution in [-0.4, -0.2) is 67.9 Å². The summed E-state index contributed by atoms with van der Waals surface area (Å²) in [5, 5.41) is 3.33. The van der Waals surface area contributed by atoms with Gasteiger partial charge in [0.25, 0.3) is 5.91 Å². The van der Waals surface area contributed by atoms with Gasteiger partial charge in [0.2, 0.25) is 0 Å². The molecule has 7 heteroatoms. The Labute approximate surface area is 166 Å². The van der Waals surface area contributed by atoms with Gasteiger partial charge in [0.15, 0.2) is 9.84 Å². The zero-order chi connectivity index (χ0) is 19.6. The first-order chi connectivity index (χ1) is 13.5. The van der Waals surface area contributed by atoms with Crippen LogP contribution in [0.15, 0.2) is 54.6 Å². The molecule has 4 rings (SSSR count). The fourth-order valence-electron chi connectivity index (χ4n) is 3.98. The van der Waals surface area contributed by atoms with Crippen molar-refractivity contribution in [2.45, 2.75) is 12.5 Å².